The molecule has 0 aromatic heterocycles. The fourth-order valence-electron chi connectivity index (χ4n) is 3.25. The Hall–Kier alpha value is -1.39. The van der Waals surface area contributed by atoms with Crippen LogP contribution < -0.4 is 0 Å². The molecule has 1 N–H and O–H groups in total. The van der Waals surface area contributed by atoms with Crippen LogP contribution >= 0.6 is 0 Å². The molecule has 0 bridgehead atoms. The van der Waals surface area contributed by atoms with Crippen LogP contribution in [0.25, 0.3) is 0 Å². The van der Waals surface area contributed by atoms with Crippen molar-refractivity contribution in [3.63, 3.8) is 0 Å². The maximum Gasteiger partial charge on any atom is 0.330 e. The average molecular weight is 253 g/mol. The van der Waals surface area contributed by atoms with Crippen LogP contribution in [0.2, 0.25) is 0 Å². The van der Waals surface area contributed by atoms with E-state index in [1.54, 1.807) is 0 Å². The molecule has 0 aromatic rings. The Bertz CT molecular complexity index is 376. The Kier molecular flexibility index (Phi) is 3.41. The van der Waals surface area contributed by atoms with Gasteiger partial charge in [0.05, 0.1) is 0 Å². The zero-order valence-electron chi connectivity index (χ0n) is 10.6. The molecular formula is C13H19NO4. The van der Waals surface area contributed by atoms with E-state index in [0.717, 1.165) is 17.7 Å². The van der Waals surface area contributed by atoms with Crippen LogP contribution in [0.3, 0.4) is 0 Å². The third kappa shape index (κ3) is 2.02. The van der Waals surface area contributed by atoms with E-state index in [1.807, 2.05) is 6.92 Å². The average Bonchev–Trinajstić information content (AvgIpc) is 2.28. The van der Waals surface area contributed by atoms with Crippen LogP contribution in [0.1, 0.15) is 51.9 Å². The highest BCUT2D eigenvalue weighted by atomic mass is 16.4. The fourth-order valence-corrected chi connectivity index (χ4v) is 3.25. The van der Waals surface area contributed by atoms with Crippen LogP contribution in [-0.2, 0) is 14.4 Å². The molecule has 18 heavy (non-hydrogen) atoms. The molecule has 1 saturated carbocycles. The zero-order valence-corrected chi connectivity index (χ0v) is 10.6. The molecule has 1 aliphatic heterocycles. The van der Waals surface area contributed by atoms with Crippen LogP contribution in [0, 0.1) is 5.92 Å². The summed E-state index contributed by atoms with van der Waals surface area (Å²) in [5.41, 5.74) is -1.29. The molecule has 2 aliphatic rings. The molecule has 2 fully saturated rings. The monoisotopic (exact) mass is 253 g/mol. The number of hydrogen-bond acceptors (Lipinski definition) is 3. The number of piperidine rings is 1. The van der Waals surface area contributed by atoms with Gasteiger partial charge in [-0.1, -0.05) is 19.8 Å². The number of aliphatic carboxylic acids is 1. The molecule has 5 heteroatoms. The summed E-state index contributed by atoms with van der Waals surface area (Å²) in [4.78, 5) is 36.7. The van der Waals surface area contributed by atoms with Gasteiger partial charge in [-0.3, -0.25) is 14.5 Å². The second-order valence-corrected chi connectivity index (χ2v) is 5.51. The SMILES string of the molecule is CC1CCCC(C(=O)O)(N2C(=O)CCCC2=O)C1. The predicted molar refractivity (Wildman–Crippen MR) is 63.7 cm³/mol. The minimum Gasteiger partial charge on any atom is -0.479 e. The number of nitrogens with zero attached hydrogens (tertiary/aromatic N) is 1. The smallest absolute Gasteiger partial charge is 0.330 e. The Labute approximate surface area is 106 Å². The molecule has 0 aromatic carbocycles. The number of hydrogen-bond donors (Lipinski definition) is 1. The maximum atomic E-state index is 12.0. The van der Waals surface area contributed by atoms with Crippen LogP contribution in [0.4, 0.5) is 0 Å². The zero-order chi connectivity index (χ0) is 13.3. The van der Waals surface area contributed by atoms with Gasteiger partial charge in [-0.25, -0.2) is 4.79 Å². The highest BCUT2D eigenvalue weighted by Gasteiger charge is 2.52. The summed E-state index contributed by atoms with van der Waals surface area (Å²) in [7, 11) is 0. The van der Waals surface area contributed by atoms with Crippen LogP contribution in [0.15, 0.2) is 0 Å². The third-order valence-electron chi connectivity index (χ3n) is 4.08. The van der Waals surface area contributed by atoms with E-state index >= 15 is 0 Å². The Morgan fingerprint density at radius 3 is 2.39 bits per heavy atom. The van der Waals surface area contributed by atoms with Gasteiger partial charge in [0.15, 0.2) is 0 Å². The number of amides is 2. The summed E-state index contributed by atoms with van der Waals surface area (Å²) >= 11 is 0. The molecule has 100 valence electrons. The predicted octanol–water partition coefficient (Wildman–Crippen LogP) is 1.56. The summed E-state index contributed by atoms with van der Waals surface area (Å²) in [5.74, 6) is -1.43. The van der Waals surface area contributed by atoms with E-state index in [9.17, 15) is 19.5 Å². The normalized spacial score (nSPS) is 33.6. The number of carboxylic acids is 1. The van der Waals surface area contributed by atoms with Crippen molar-refractivity contribution in [3.8, 4) is 0 Å². The highest BCUT2D eigenvalue weighted by Crippen LogP contribution is 2.39. The molecule has 1 aliphatic carbocycles. The Balaban J connectivity index is 2.36. The quantitative estimate of drug-likeness (QED) is 0.758. The first-order chi connectivity index (χ1) is 8.47. The summed E-state index contributed by atoms with van der Waals surface area (Å²) in [6, 6.07) is 0. The van der Waals surface area contributed by atoms with Crippen molar-refractivity contribution >= 4 is 17.8 Å². The highest BCUT2D eigenvalue weighted by molar-refractivity contribution is 6.02. The number of carboxylic acid groups (broad SMARTS) is 1. The number of carbonyl (C=O) groups is 3. The van der Waals surface area contributed by atoms with Gasteiger partial charge in [-0.2, -0.15) is 0 Å². The molecule has 5 nitrogen and oxygen atoms in total. The summed E-state index contributed by atoms with van der Waals surface area (Å²) in [6.07, 6.45) is 3.61. The molecule has 2 atom stereocenters. The molecule has 2 amide bonds. The van der Waals surface area contributed by atoms with Crippen molar-refractivity contribution in [2.75, 3.05) is 0 Å². The van der Waals surface area contributed by atoms with Crippen molar-refractivity contribution < 1.29 is 19.5 Å². The molecule has 2 rings (SSSR count). The first-order valence-electron chi connectivity index (χ1n) is 6.56. The fraction of sp³-hybridized carbons (Fsp3) is 0.769. The minimum absolute atomic E-state index is 0.234. The van der Waals surface area contributed by atoms with Gasteiger partial charge >= 0.3 is 5.97 Å². The Morgan fingerprint density at radius 1 is 1.28 bits per heavy atom. The van der Waals surface area contributed by atoms with E-state index in [4.69, 9.17) is 0 Å². The van der Waals surface area contributed by atoms with Gasteiger partial charge in [-0.15, -0.1) is 0 Å². The van der Waals surface area contributed by atoms with Gasteiger partial charge in [-0.05, 0) is 25.2 Å². The lowest BCUT2D eigenvalue weighted by Gasteiger charge is -2.45. The van der Waals surface area contributed by atoms with Gasteiger partial charge in [0, 0.05) is 12.8 Å². The van der Waals surface area contributed by atoms with Crippen LogP contribution in [-0.4, -0.2) is 33.3 Å². The molecule has 0 spiro atoms. The van der Waals surface area contributed by atoms with E-state index in [1.165, 1.54) is 0 Å². The first-order valence-corrected chi connectivity index (χ1v) is 6.56. The topological polar surface area (TPSA) is 74.7 Å². The lowest BCUT2D eigenvalue weighted by atomic mass is 9.74. The van der Waals surface area contributed by atoms with Crippen molar-refractivity contribution in [3.05, 3.63) is 0 Å². The van der Waals surface area contributed by atoms with E-state index < -0.39 is 11.5 Å². The summed E-state index contributed by atoms with van der Waals surface area (Å²) in [6.45, 7) is 1.98. The van der Waals surface area contributed by atoms with E-state index in [2.05, 4.69) is 0 Å². The summed E-state index contributed by atoms with van der Waals surface area (Å²) in [5, 5.41) is 9.55. The molecule has 1 heterocycles. The van der Waals surface area contributed by atoms with Crippen LogP contribution in [0.5, 0.6) is 0 Å². The largest absolute Gasteiger partial charge is 0.479 e. The van der Waals surface area contributed by atoms with Crippen molar-refractivity contribution in [1.29, 1.82) is 0 Å². The lowest BCUT2D eigenvalue weighted by molar-refractivity contribution is -0.172. The van der Waals surface area contributed by atoms with Gasteiger partial charge in [0.1, 0.15) is 5.54 Å². The second-order valence-electron chi connectivity index (χ2n) is 5.51. The molecule has 0 radical (unpaired) electrons. The molecule has 2 unspecified atom stereocenters. The van der Waals surface area contributed by atoms with Gasteiger partial charge < -0.3 is 5.11 Å². The second kappa shape index (κ2) is 4.71. The Morgan fingerprint density at radius 2 is 1.89 bits per heavy atom. The third-order valence-corrected chi connectivity index (χ3v) is 4.08. The van der Waals surface area contributed by atoms with E-state index in [-0.39, 0.29) is 30.6 Å². The van der Waals surface area contributed by atoms with Gasteiger partial charge in [0.2, 0.25) is 11.8 Å². The van der Waals surface area contributed by atoms with E-state index in [0.29, 0.717) is 19.3 Å². The molecule has 1 saturated heterocycles. The number of likely N-dealkylation sites (tertiary alicyclic amines) is 1. The van der Waals surface area contributed by atoms with Crippen molar-refractivity contribution in [1.82, 2.24) is 4.90 Å². The number of imide groups is 1. The lowest BCUT2D eigenvalue weighted by Crippen LogP contribution is -2.62. The van der Waals surface area contributed by atoms with Crippen molar-refractivity contribution in [2.45, 2.75) is 57.4 Å². The summed E-state index contributed by atoms with van der Waals surface area (Å²) < 4.78 is 0. The van der Waals surface area contributed by atoms with Gasteiger partial charge in [0.25, 0.3) is 0 Å². The first kappa shape index (κ1) is 13.1. The molecular weight excluding hydrogens is 234 g/mol. The van der Waals surface area contributed by atoms with Crippen molar-refractivity contribution in [2.24, 2.45) is 5.92 Å². The minimum atomic E-state index is -1.29. The number of carbonyl (C=O) groups excluding carboxylic acids is 2. The standard InChI is InChI=1S/C13H19NO4/c1-9-4-3-7-13(8-9,12(17)18)14-10(15)5-2-6-11(14)16/h9H,2-8H2,1H3,(H,17,18). The number of rotatable bonds is 2. The maximum absolute atomic E-state index is 12.0.